The molecule has 0 spiro atoms. The summed E-state index contributed by atoms with van der Waals surface area (Å²) in [5, 5.41) is 7.51. The van der Waals surface area contributed by atoms with E-state index in [0.717, 1.165) is 12.3 Å². The van der Waals surface area contributed by atoms with Crippen LogP contribution >= 0.6 is 0 Å². The summed E-state index contributed by atoms with van der Waals surface area (Å²) in [7, 11) is 0. The van der Waals surface area contributed by atoms with Gasteiger partial charge in [0.25, 0.3) is 0 Å². The van der Waals surface area contributed by atoms with Gasteiger partial charge in [0.1, 0.15) is 0 Å². The molecule has 0 heterocycles. The lowest BCUT2D eigenvalue weighted by Gasteiger charge is -1.85. The Morgan fingerprint density at radius 2 is 1.91 bits per heavy atom. The Bertz CT molecular complexity index is 189. The number of nitriles is 1. The molecule has 0 atom stereocenters. The molecule has 11 heavy (non-hydrogen) atoms. The van der Waals surface area contributed by atoms with Crippen molar-refractivity contribution in [1.29, 1.82) is 5.26 Å². The third kappa shape index (κ3) is 17.9. The van der Waals surface area contributed by atoms with Crippen molar-refractivity contribution in [2.24, 2.45) is 0 Å². The van der Waals surface area contributed by atoms with Gasteiger partial charge in [0.15, 0.2) is 0 Å². The van der Waals surface area contributed by atoms with Crippen LogP contribution in [0.3, 0.4) is 0 Å². The molecule has 0 fully saturated rings. The Balaban J connectivity index is 0. The molecule has 0 bridgehead atoms. The minimum atomic E-state index is -0.477. The number of esters is 1. The first-order valence-electron chi connectivity index (χ1n) is 2.67. The molecule has 0 rings (SSSR count). The van der Waals surface area contributed by atoms with Crippen LogP contribution in [0.25, 0.3) is 0 Å². The second-order valence-corrected chi connectivity index (χ2v) is 1.14. The summed E-state index contributed by atoms with van der Waals surface area (Å²) in [6.07, 6.45) is 3.31. The first kappa shape index (κ1) is 11.9. The molecule has 0 aromatic heterocycles. The third-order valence-electron chi connectivity index (χ3n) is 0.457. The summed E-state index contributed by atoms with van der Waals surface area (Å²) in [6, 6.07) is 1.69. The van der Waals surface area contributed by atoms with Crippen LogP contribution in [0.1, 0.15) is 0 Å². The smallest absolute Gasteiger partial charge is 0.334 e. The van der Waals surface area contributed by atoms with Gasteiger partial charge >= 0.3 is 5.97 Å². The number of rotatable bonds is 2. The summed E-state index contributed by atoms with van der Waals surface area (Å²) < 4.78 is 4.20. The molecule has 0 aromatic rings. The predicted molar refractivity (Wildman–Crippen MR) is 42.3 cm³/mol. The van der Waals surface area contributed by atoms with E-state index in [4.69, 9.17) is 5.26 Å². The number of hydrogen-bond donors (Lipinski definition) is 0. The van der Waals surface area contributed by atoms with Crippen LogP contribution < -0.4 is 0 Å². The molecule has 58 valence electrons. The fourth-order valence-corrected chi connectivity index (χ4v) is 0.130. The van der Waals surface area contributed by atoms with Gasteiger partial charge in [-0.1, -0.05) is 19.7 Å². The van der Waals surface area contributed by atoms with Crippen LogP contribution in [0.5, 0.6) is 0 Å². The van der Waals surface area contributed by atoms with Crippen LogP contribution in [-0.4, -0.2) is 5.97 Å². The molecular formula is C8H9NO2. The third-order valence-corrected chi connectivity index (χ3v) is 0.457. The van der Waals surface area contributed by atoms with Gasteiger partial charge in [-0.15, -0.1) is 0 Å². The largest absolute Gasteiger partial charge is 0.432 e. The molecular weight excluding hydrogens is 142 g/mol. The standard InChI is InChI=1S/C5H6O2.C3H3N/c1-3-5(6)7-4-2;1-2-3-4/h3-4H,1-2H2;2H,1H2. The van der Waals surface area contributed by atoms with Crippen molar-refractivity contribution < 1.29 is 9.53 Å². The summed E-state index contributed by atoms with van der Waals surface area (Å²) in [6.45, 7) is 9.43. The Labute approximate surface area is 65.9 Å². The number of ether oxygens (including phenoxy) is 1. The number of hydrogen-bond acceptors (Lipinski definition) is 3. The first-order chi connectivity index (χ1) is 5.22. The van der Waals surface area contributed by atoms with E-state index < -0.39 is 5.97 Å². The minimum absolute atomic E-state index is 0.477. The van der Waals surface area contributed by atoms with E-state index in [1.807, 2.05) is 0 Å². The molecule has 0 N–H and O–H groups in total. The van der Waals surface area contributed by atoms with Crippen molar-refractivity contribution in [3.8, 4) is 6.07 Å². The van der Waals surface area contributed by atoms with E-state index in [0.29, 0.717) is 0 Å². The highest BCUT2D eigenvalue weighted by atomic mass is 16.5. The maximum absolute atomic E-state index is 10.0. The molecule has 3 nitrogen and oxygen atoms in total. The van der Waals surface area contributed by atoms with Gasteiger partial charge in [0, 0.05) is 12.2 Å². The lowest BCUT2D eigenvalue weighted by Crippen LogP contribution is -1.90. The zero-order valence-corrected chi connectivity index (χ0v) is 6.12. The van der Waals surface area contributed by atoms with Crippen molar-refractivity contribution in [2.45, 2.75) is 0 Å². The molecule has 0 aliphatic rings. The van der Waals surface area contributed by atoms with Crippen molar-refractivity contribution in [2.75, 3.05) is 0 Å². The predicted octanol–water partition coefficient (Wildman–Crippen LogP) is 1.56. The monoisotopic (exact) mass is 151 g/mol. The quantitative estimate of drug-likeness (QED) is 0.260. The number of nitrogens with zero attached hydrogens (tertiary/aromatic N) is 1. The topological polar surface area (TPSA) is 50.1 Å². The van der Waals surface area contributed by atoms with Gasteiger partial charge in [-0.3, -0.25) is 0 Å². The Hall–Kier alpha value is -1.82. The van der Waals surface area contributed by atoms with Gasteiger partial charge in [-0.25, -0.2) is 4.79 Å². The van der Waals surface area contributed by atoms with E-state index in [9.17, 15) is 4.79 Å². The zero-order valence-electron chi connectivity index (χ0n) is 6.12. The van der Waals surface area contributed by atoms with Crippen LogP contribution in [0.15, 0.2) is 38.2 Å². The fraction of sp³-hybridized carbons (Fsp3) is 0. The second-order valence-electron chi connectivity index (χ2n) is 1.14. The number of carbonyl (C=O) groups is 1. The Kier molecular flexibility index (Phi) is 12.0. The fourth-order valence-electron chi connectivity index (χ4n) is 0.130. The maximum Gasteiger partial charge on any atom is 0.334 e. The Morgan fingerprint density at radius 3 is 2.00 bits per heavy atom. The van der Waals surface area contributed by atoms with Crippen molar-refractivity contribution in [1.82, 2.24) is 0 Å². The van der Waals surface area contributed by atoms with Crippen molar-refractivity contribution in [3.63, 3.8) is 0 Å². The molecule has 0 radical (unpaired) electrons. The average Bonchev–Trinajstić information content (AvgIpc) is 2.05. The maximum atomic E-state index is 10.0. The van der Waals surface area contributed by atoms with Gasteiger partial charge in [0.2, 0.25) is 0 Å². The molecule has 0 aliphatic heterocycles. The first-order valence-corrected chi connectivity index (χ1v) is 2.67. The highest BCUT2D eigenvalue weighted by molar-refractivity contribution is 5.81. The SMILES string of the molecule is C=CC#N.C=COC(=O)C=C. The second kappa shape index (κ2) is 11.0. The lowest BCUT2D eigenvalue weighted by molar-refractivity contribution is -0.132. The number of allylic oxidation sites excluding steroid dienone is 1. The van der Waals surface area contributed by atoms with Crippen LogP contribution in [0.4, 0.5) is 0 Å². The van der Waals surface area contributed by atoms with Crippen LogP contribution in [0, 0.1) is 11.3 Å². The molecule has 0 saturated heterocycles. The van der Waals surface area contributed by atoms with Crippen molar-refractivity contribution >= 4 is 5.97 Å². The summed E-state index contributed by atoms with van der Waals surface area (Å²) >= 11 is 0. The average molecular weight is 151 g/mol. The van der Waals surface area contributed by atoms with E-state index in [1.54, 1.807) is 6.07 Å². The summed E-state index contributed by atoms with van der Waals surface area (Å²) in [4.78, 5) is 10.0. The molecule has 0 saturated carbocycles. The number of carbonyl (C=O) groups excluding carboxylic acids is 1. The highest BCUT2D eigenvalue weighted by Crippen LogP contribution is 1.75. The lowest BCUT2D eigenvalue weighted by atomic mass is 10.7. The molecule has 0 aliphatic carbocycles. The van der Waals surface area contributed by atoms with Gasteiger partial charge < -0.3 is 4.74 Å². The summed E-state index contributed by atoms with van der Waals surface area (Å²) in [5.74, 6) is -0.477. The van der Waals surface area contributed by atoms with E-state index in [2.05, 4.69) is 24.5 Å². The van der Waals surface area contributed by atoms with E-state index in [1.165, 1.54) is 6.08 Å². The molecule has 0 amide bonds. The summed E-state index contributed by atoms with van der Waals surface area (Å²) in [5.41, 5.74) is 0. The van der Waals surface area contributed by atoms with E-state index in [-0.39, 0.29) is 0 Å². The minimum Gasteiger partial charge on any atom is -0.432 e. The highest BCUT2D eigenvalue weighted by Gasteiger charge is 1.84. The molecule has 0 aromatic carbocycles. The van der Waals surface area contributed by atoms with Gasteiger partial charge in [-0.05, 0) is 0 Å². The van der Waals surface area contributed by atoms with Crippen molar-refractivity contribution in [3.05, 3.63) is 38.2 Å². The van der Waals surface area contributed by atoms with Gasteiger partial charge in [-0.2, -0.15) is 5.26 Å². The normalized spacial score (nSPS) is 5.73. The molecule has 3 heteroatoms. The zero-order chi connectivity index (χ0) is 9.11. The Morgan fingerprint density at radius 1 is 1.45 bits per heavy atom. The van der Waals surface area contributed by atoms with Crippen LogP contribution in [-0.2, 0) is 9.53 Å². The van der Waals surface area contributed by atoms with E-state index >= 15 is 0 Å². The molecule has 0 unspecified atom stereocenters. The van der Waals surface area contributed by atoms with Gasteiger partial charge in [0.05, 0.1) is 12.3 Å². The van der Waals surface area contributed by atoms with Crippen LogP contribution in [0.2, 0.25) is 0 Å².